The number of methoxy groups -OCH3 is 2. The molecule has 0 aromatic heterocycles. The van der Waals surface area contributed by atoms with Crippen molar-refractivity contribution in [2.45, 2.75) is 13.8 Å². The van der Waals surface area contributed by atoms with E-state index in [9.17, 15) is 9.90 Å². The Hall–Kier alpha value is -2.17. The number of hydrogen-bond acceptors (Lipinski definition) is 5. The van der Waals surface area contributed by atoms with Gasteiger partial charge in [0.15, 0.2) is 11.5 Å². The van der Waals surface area contributed by atoms with Crippen LogP contribution in [0.3, 0.4) is 0 Å². The molecular weight excluding hydrogens is 260 g/mol. The third-order valence-electron chi connectivity index (χ3n) is 2.51. The van der Waals surface area contributed by atoms with Crippen molar-refractivity contribution in [3.05, 3.63) is 23.8 Å². The maximum atomic E-state index is 11.5. The van der Waals surface area contributed by atoms with Crippen LogP contribution in [0.2, 0.25) is 0 Å². The zero-order chi connectivity index (χ0) is 15.1. The number of ether oxygens (including phenoxy) is 3. The van der Waals surface area contributed by atoms with Gasteiger partial charge in [0, 0.05) is 11.6 Å². The first-order valence-corrected chi connectivity index (χ1v) is 6.28. The molecule has 0 aliphatic heterocycles. The van der Waals surface area contributed by atoms with E-state index >= 15 is 0 Å². The number of carbonyl (C=O) groups excluding carboxylic acids is 1. The van der Waals surface area contributed by atoms with Crippen LogP contribution in [0, 0.1) is 5.92 Å². The average Bonchev–Trinajstić information content (AvgIpc) is 2.42. The van der Waals surface area contributed by atoms with E-state index in [2.05, 4.69) is 0 Å². The summed E-state index contributed by atoms with van der Waals surface area (Å²) < 4.78 is 15.1. The zero-order valence-electron chi connectivity index (χ0n) is 12.2. The van der Waals surface area contributed by atoms with Gasteiger partial charge < -0.3 is 19.3 Å². The molecule has 20 heavy (non-hydrogen) atoms. The Kier molecular flexibility index (Phi) is 5.90. The molecule has 0 saturated heterocycles. The lowest BCUT2D eigenvalue weighted by molar-refractivity contribution is -0.138. The smallest absolute Gasteiger partial charge is 0.330 e. The molecular formula is C15H20O5. The monoisotopic (exact) mass is 280 g/mol. The quantitative estimate of drug-likeness (QED) is 0.641. The normalized spacial score (nSPS) is 10.8. The molecule has 0 fully saturated rings. The second-order valence-electron chi connectivity index (χ2n) is 4.60. The molecule has 1 aromatic carbocycles. The number of esters is 1. The minimum absolute atomic E-state index is 0.104. The topological polar surface area (TPSA) is 65.0 Å². The third kappa shape index (κ3) is 4.19. The predicted molar refractivity (Wildman–Crippen MR) is 76.0 cm³/mol. The average molecular weight is 280 g/mol. The van der Waals surface area contributed by atoms with E-state index in [-0.39, 0.29) is 17.4 Å². The summed E-state index contributed by atoms with van der Waals surface area (Å²) in [6, 6.07) is 3.28. The highest BCUT2D eigenvalue weighted by Crippen LogP contribution is 2.39. The van der Waals surface area contributed by atoms with Gasteiger partial charge in [0.05, 0.1) is 20.8 Å². The van der Waals surface area contributed by atoms with Gasteiger partial charge in [0.1, 0.15) is 0 Å². The summed E-state index contributed by atoms with van der Waals surface area (Å²) in [6.45, 7) is 4.29. The van der Waals surface area contributed by atoms with Gasteiger partial charge in [-0.05, 0) is 24.1 Å². The van der Waals surface area contributed by atoms with Gasteiger partial charge in [-0.25, -0.2) is 4.79 Å². The molecule has 5 heteroatoms. The van der Waals surface area contributed by atoms with Crippen LogP contribution >= 0.6 is 0 Å². The number of carbonyl (C=O) groups is 1. The predicted octanol–water partition coefficient (Wildman–Crippen LogP) is 2.62. The molecule has 0 amide bonds. The van der Waals surface area contributed by atoms with Gasteiger partial charge in [-0.3, -0.25) is 0 Å². The molecule has 110 valence electrons. The van der Waals surface area contributed by atoms with Crippen molar-refractivity contribution in [1.29, 1.82) is 0 Å². The number of phenols is 1. The second kappa shape index (κ2) is 7.43. The van der Waals surface area contributed by atoms with Gasteiger partial charge in [0.2, 0.25) is 5.75 Å². The van der Waals surface area contributed by atoms with Crippen molar-refractivity contribution >= 4 is 12.0 Å². The number of phenolic OH excluding ortho intramolecular Hbond substituents is 1. The Morgan fingerprint density at radius 1 is 1.30 bits per heavy atom. The lowest BCUT2D eigenvalue weighted by atomic mass is 10.1. The largest absolute Gasteiger partial charge is 0.502 e. The maximum Gasteiger partial charge on any atom is 0.330 e. The van der Waals surface area contributed by atoms with Crippen LogP contribution in [-0.2, 0) is 9.53 Å². The van der Waals surface area contributed by atoms with Crippen molar-refractivity contribution in [2.24, 2.45) is 5.92 Å². The van der Waals surface area contributed by atoms with Gasteiger partial charge in [-0.15, -0.1) is 0 Å². The van der Waals surface area contributed by atoms with Crippen molar-refractivity contribution in [2.75, 3.05) is 20.8 Å². The van der Waals surface area contributed by atoms with Crippen molar-refractivity contribution in [1.82, 2.24) is 0 Å². The van der Waals surface area contributed by atoms with Gasteiger partial charge >= 0.3 is 5.97 Å². The minimum Gasteiger partial charge on any atom is -0.502 e. The zero-order valence-corrected chi connectivity index (χ0v) is 12.2. The molecule has 1 N–H and O–H groups in total. The summed E-state index contributed by atoms with van der Waals surface area (Å²) in [6.07, 6.45) is 2.83. The van der Waals surface area contributed by atoms with Crippen molar-refractivity contribution in [3.8, 4) is 17.2 Å². The van der Waals surface area contributed by atoms with E-state index in [0.29, 0.717) is 17.9 Å². The Bertz CT molecular complexity index is 491. The summed E-state index contributed by atoms with van der Waals surface area (Å²) in [4.78, 5) is 11.5. The van der Waals surface area contributed by atoms with Crippen LogP contribution in [0.1, 0.15) is 19.4 Å². The van der Waals surface area contributed by atoms with Crippen molar-refractivity contribution < 1.29 is 24.1 Å². The fourth-order valence-electron chi connectivity index (χ4n) is 1.53. The molecule has 0 saturated carbocycles. The third-order valence-corrected chi connectivity index (χ3v) is 2.51. The fourth-order valence-corrected chi connectivity index (χ4v) is 1.53. The van der Waals surface area contributed by atoms with Crippen LogP contribution in [0.4, 0.5) is 0 Å². The Morgan fingerprint density at radius 2 is 2.00 bits per heavy atom. The number of aromatic hydroxyl groups is 1. The van der Waals surface area contributed by atoms with Crippen LogP contribution in [0.25, 0.3) is 6.08 Å². The van der Waals surface area contributed by atoms with Crippen LogP contribution in [0.5, 0.6) is 17.2 Å². The van der Waals surface area contributed by atoms with E-state index in [1.807, 2.05) is 13.8 Å². The summed E-state index contributed by atoms with van der Waals surface area (Å²) in [7, 11) is 2.89. The highest BCUT2D eigenvalue weighted by molar-refractivity contribution is 5.88. The molecule has 0 radical (unpaired) electrons. The SMILES string of the molecule is COc1ccc(/C=C/C(=O)OCC(C)C)c(OC)c1O. The van der Waals surface area contributed by atoms with Crippen LogP contribution in [-0.4, -0.2) is 31.9 Å². The summed E-state index contributed by atoms with van der Waals surface area (Å²) in [5, 5.41) is 9.91. The van der Waals surface area contributed by atoms with Crippen LogP contribution < -0.4 is 9.47 Å². The Labute approximate surface area is 118 Å². The first-order valence-electron chi connectivity index (χ1n) is 6.28. The van der Waals surface area contributed by atoms with Gasteiger partial charge in [-0.1, -0.05) is 13.8 Å². The number of hydrogen-bond donors (Lipinski definition) is 1. The van der Waals surface area contributed by atoms with Gasteiger partial charge in [0.25, 0.3) is 0 Å². The molecule has 0 aliphatic carbocycles. The molecule has 0 atom stereocenters. The summed E-state index contributed by atoms with van der Waals surface area (Å²) in [5.41, 5.74) is 0.562. The molecule has 0 heterocycles. The number of benzene rings is 1. The highest BCUT2D eigenvalue weighted by atomic mass is 16.5. The fraction of sp³-hybridized carbons (Fsp3) is 0.400. The molecule has 0 aliphatic rings. The van der Waals surface area contributed by atoms with E-state index < -0.39 is 5.97 Å². The first-order chi connectivity index (χ1) is 9.49. The van der Waals surface area contributed by atoms with Crippen molar-refractivity contribution in [3.63, 3.8) is 0 Å². The number of rotatable bonds is 6. The Balaban J connectivity index is 2.87. The molecule has 1 rings (SSSR count). The van der Waals surface area contributed by atoms with Crippen LogP contribution in [0.15, 0.2) is 18.2 Å². The van der Waals surface area contributed by atoms with E-state index in [4.69, 9.17) is 14.2 Å². The highest BCUT2D eigenvalue weighted by Gasteiger charge is 2.12. The standard InChI is InChI=1S/C15H20O5/c1-10(2)9-20-13(16)8-6-11-5-7-12(18-3)14(17)15(11)19-4/h5-8,10,17H,9H2,1-4H3/b8-6+. The van der Waals surface area contributed by atoms with E-state index in [1.165, 1.54) is 26.4 Å². The van der Waals surface area contributed by atoms with Gasteiger partial charge in [-0.2, -0.15) is 0 Å². The van der Waals surface area contributed by atoms with E-state index in [1.54, 1.807) is 12.1 Å². The summed E-state index contributed by atoms with van der Waals surface area (Å²) in [5.74, 6) is 0.300. The first kappa shape index (κ1) is 15.9. The molecule has 0 bridgehead atoms. The minimum atomic E-state index is -0.434. The summed E-state index contributed by atoms with van der Waals surface area (Å²) >= 11 is 0. The molecule has 0 spiro atoms. The molecule has 1 aromatic rings. The lowest BCUT2D eigenvalue weighted by Gasteiger charge is -2.10. The lowest BCUT2D eigenvalue weighted by Crippen LogP contribution is -2.07. The molecule has 5 nitrogen and oxygen atoms in total. The maximum absolute atomic E-state index is 11.5. The van der Waals surface area contributed by atoms with E-state index in [0.717, 1.165) is 0 Å². The molecule has 0 unspecified atom stereocenters. The second-order valence-corrected chi connectivity index (χ2v) is 4.60. The Morgan fingerprint density at radius 3 is 2.55 bits per heavy atom.